The van der Waals surface area contributed by atoms with Crippen LogP contribution in [0.1, 0.15) is 100.0 Å². The summed E-state index contributed by atoms with van der Waals surface area (Å²) in [5.41, 5.74) is 1.51. The van der Waals surface area contributed by atoms with Crippen molar-refractivity contribution >= 4 is 37.3 Å². The first-order chi connectivity index (χ1) is 23.6. The van der Waals surface area contributed by atoms with Gasteiger partial charge in [0.05, 0.1) is 12.1 Å². The second-order valence-electron chi connectivity index (χ2n) is 16.2. The van der Waals surface area contributed by atoms with Gasteiger partial charge in [0.2, 0.25) is 8.32 Å². The molecule has 0 radical (unpaired) electrons. The lowest BCUT2D eigenvalue weighted by atomic mass is 10.0. The Bertz CT molecular complexity index is 1610. The normalized spacial score (nSPS) is 13.7. The molecule has 2 aromatic carbocycles. The lowest BCUT2D eigenvalue weighted by Crippen LogP contribution is -2.55. The number of carbonyl (C=O) groups is 3. The fourth-order valence-corrected chi connectivity index (χ4v) is 12.5. The molecular weight excluding hydrogens is 668 g/mol. The Morgan fingerprint density at radius 1 is 0.784 bits per heavy atom. The van der Waals surface area contributed by atoms with E-state index in [1.807, 2.05) is 30.3 Å². The number of benzene rings is 2. The second kappa shape index (κ2) is 17.1. The van der Waals surface area contributed by atoms with E-state index in [-0.39, 0.29) is 41.8 Å². The lowest BCUT2D eigenvalue weighted by Gasteiger charge is -2.45. The molecule has 0 bridgehead atoms. The number of ether oxygens (including phenoxy) is 2. The molecule has 4 N–H and O–H groups in total. The number of nitrogens with one attached hydrogen (secondary N) is 4. The third-order valence-electron chi connectivity index (χ3n) is 8.78. The van der Waals surface area contributed by atoms with Crippen LogP contribution in [0.5, 0.6) is 0 Å². The number of halogens is 1. The zero-order valence-corrected chi connectivity index (χ0v) is 33.5. The molecule has 0 aliphatic carbocycles. The van der Waals surface area contributed by atoms with Crippen LogP contribution < -0.4 is 16.0 Å². The zero-order valence-electron chi connectivity index (χ0n) is 32.5. The Labute approximate surface area is 304 Å². The molecule has 0 aliphatic rings. The number of H-pyrrole nitrogens is 1. The predicted octanol–water partition coefficient (Wildman–Crippen LogP) is 9.07. The number of rotatable bonds is 14. The molecule has 282 valence electrons. The Morgan fingerprint density at radius 3 is 1.90 bits per heavy atom. The van der Waals surface area contributed by atoms with Crippen LogP contribution >= 0.6 is 0 Å². The monoisotopic (exact) mass is 726 g/mol. The van der Waals surface area contributed by atoms with Gasteiger partial charge >= 0.3 is 12.2 Å². The first-order valence-electron chi connectivity index (χ1n) is 17.9. The summed E-state index contributed by atoms with van der Waals surface area (Å²) in [6.07, 6.45) is -1.51. The number of carbonyl (C=O) groups excluding carboxylic acids is 3. The van der Waals surface area contributed by atoms with Gasteiger partial charge in [-0.05, 0) is 88.3 Å². The van der Waals surface area contributed by atoms with Crippen LogP contribution in [0.3, 0.4) is 0 Å². The van der Waals surface area contributed by atoms with Crippen LogP contribution in [0.2, 0.25) is 16.6 Å². The van der Waals surface area contributed by atoms with Crippen molar-refractivity contribution in [2.75, 3.05) is 13.1 Å². The number of hydrogen-bond donors (Lipinski definition) is 4. The largest absolute Gasteiger partial charge is 0.444 e. The average Bonchev–Trinajstić information content (AvgIpc) is 3.37. The standard InChI is InChI=1S/C39H59FN4O6Si/c1-24(2)51(25(3)4,26(5)6)50-30(23-42-36(46)48-38(7,8)9)21-29(43-37(47)49-39(10,11)12)22-41-35(45)34-33(27-16-14-13-15-17-27)31-20-28(40)18-19-32(31)44-34/h13-20,24-26,29-30,44H,21-23H2,1-12H3,(H,41,45)(H,42,46)(H,43,47)/t29-,30?/m0/s1. The second-order valence-corrected chi connectivity index (χ2v) is 21.6. The molecule has 0 saturated heterocycles. The molecule has 0 fully saturated rings. The Morgan fingerprint density at radius 2 is 1.35 bits per heavy atom. The highest BCUT2D eigenvalue weighted by molar-refractivity contribution is 6.77. The van der Waals surface area contributed by atoms with E-state index in [4.69, 9.17) is 13.9 Å². The van der Waals surface area contributed by atoms with Crippen molar-refractivity contribution in [3.05, 3.63) is 60.0 Å². The van der Waals surface area contributed by atoms with Crippen LogP contribution in [0, 0.1) is 5.82 Å². The number of alkyl carbamates (subject to hydrolysis) is 2. The van der Waals surface area contributed by atoms with E-state index in [0.29, 0.717) is 16.5 Å². The molecule has 51 heavy (non-hydrogen) atoms. The number of fused-ring (bicyclic) bond motifs is 1. The Balaban J connectivity index is 1.99. The van der Waals surface area contributed by atoms with Crippen LogP contribution in [0.4, 0.5) is 14.0 Å². The summed E-state index contributed by atoms with van der Waals surface area (Å²) < 4.78 is 32.7. The van der Waals surface area contributed by atoms with Gasteiger partial charge in [0.25, 0.3) is 5.91 Å². The Kier molecular flexibility index (Phi) is 13.9. The summed E-state index contributed by atoms with van der Waals surface area (Å²) in [5.74, 6) is -0.844. The van der Waals surface area contributed by atoms with E-state index in [1.165, 1.54) is 12.1 Å². The molecule has 1 unspecified atom stereocenters. The number of amides is 3. The minimum absolute atomic E-state index is 0.0158. The topological polar surface area (TPSA) is 131 Å². The van der Waals surface area contributed by atoms with Crippen molar-refractivity contribution in [2.24, 2.45) is 0 Å². The van der Waals surface area contributed by atoms with Gasteiger partial charge in [-0.3, -0.25) is 4.79 Å². The number of aromatic amines is 1. The average molecular weight is 727 g/mol. The van der Waals surface area contributed by atoms with Crippen molar-refractivity contribution in [1.29, 1.82) is 0 Å². The van der Waals surface area contributed by atoms with Crippen LogP contribution in [0.25, 0.3) is 22.0 Å². The number of hydrogen-bond acceptors (Lipinski definition) is 6. The molecule has 0 spiro atoms. The van der Waals surface area contributed by atoms with Gasteiger partial charge in [-0.25, -0.2) is 14.0 Å². The maximum atomic E-state index is 14.4. The predicted molar refractivity (Wildman–Crippen MR) is 204 cm³/mol. The molecule has 10 nitrogen and oxygen atoms in total. The molecule has 0 saturated carbocycles. The lowest BCUT2D eigenvalue weighted by molar-refractivity contribution is 0.0442. The van der Waals surface area contributed by atoms with Gasteiger partial charge in [-0.2, -0.15) is 0 Å². The van der Waals surface area contributed by atoms with Crippen LogP contribution in [-0.2, 0) is 13.9 Å². The molecule has 1 aromatic heterocycles. The summed E-state index contributed by atoms with van der Waals surface area (Å²) in [6, 6.07) is 13.0. The zero-order chi connectivity index (χ0) is 38.3. The third kappa shape index (κ3) is 11.5. The van der Waals surface area contributed by atoms with Crippen molar-refractivity contribution in [1.82, 2.24) is 20.9 Å². The molecule has 0 aliphatic heterocycles. The highest BCUT2D eigenvalue weighted by Gasteiger charge is 2.47. The summed E-state index contributed by atoms with van der Waals surface area (Å²) >= 11 is 0. The summed E-state index contributed by atoms with van der Waals surface area (Å²) in [7, 11) is -2.48. The van der Waals surface area contributed by atoms with Gasteiger partial charge in [-0.1, -0.05) is 71.9 Å². The van der Waals surface area contributed by atoms with Gasteiger partial charge in [0, 0.05) is 29.6 Å². The third-order valence-corrected chi connectivity index (χ3v) is 14.9. The van der Waals surface area contributed by atoms with Gasteiger partial charge in [0.1, 0.15) is 22.7 Å². The van der Waals surface area contributed by atoms with E-state index in [9.17, 15) is 18.8 Å². The van der Waals surface area contributed by atoms with Crippen molar-refractivity contribution in [3.63, 3.8) is 0 Å². The van der Waals surface area contributed by atoms with Gasteiger partial charge in [-0.15, -0.1) is 0 Å². The molecule has 2 atom stereocenters. The molecule has 3 rings (SSSR count). The van der Waals surface area contributed by atoms with E-state index in [2.05, 4.69) is 62.5 Å². The van der Waals surface area contributed by atoms with E-state index < -0.39 is 55.6 Å². The number of aromatic nitrogens is 1. The van der Waals surface area contributed by atoms with E-state index in [0.717, 1.165) is 5.56 Å². The van der Waals surface area contributed by atoms with Gasteiger partial charge < -0.3 is 34.8 Å². The minimum Gasteiger partial charge on any atom is -0.444 e. The van der Waals surface area contributed by atoms with Crippen LogP contribution in [-0.4, -0.2) is 67.8 Å². The molecule has 12 heteroatoms. The minimum atomic E-state index is -2.48. The Hall–Kier alpha value is -3.90. The van der Waals surface area contributed by atoms with E-state index >= 15 is 0 Å². The molecule has 3 aromatic rings. The van der Waals surface area contributed by atoms with E-state index in [1.54, 1.807) is 47.6 Å². The first kappa shape index (κ1) is 41.5. The quantitative estimate of drug-likeness (QED) is 0.123. The SMILES string of the molecule is CC(C)[Si](OC(CNC(=O)OC(C)(C)C)C[C@@H](CNC(=O)c1[nH]c2ccc(F)cc2c1-c1ccccc1)NC(=O)OC(C)(C)C)(C(C)C)C(C)C. The molecule has 3 amide bonds. The van der Waals surface area contributed by atoms with Crippen molar-refractivity contribution < 1.29 is 32.7 Å². The fraction of sp³-hybridized carbons (Fsp3) is 0.564. The van der Waals surface area contributed by atoms with Gasteiger partial charge in [0.15, 0.2) is 0 Å². The highest BCUT2D eigenvalue weighted by atomic mass is 28.4. The van der Waals surface area contributed by atoms with Crippen molar-refractivity contribution in [2.45, 2.75) is 129 Å². The highest BCUT2D eigenvalue weighted by Crippen LogP contribution is 2.43. The first-order valence-corrected chi connectivity index (χ1v) is 20.1. The maximum absolute atomic E-state index is 14.4. The van der Waals surface area contributed by atoms with Crippen molar-refractivity contribution in [3.8, 4) is 11.1 Å². The molecular formula is C39H59FN4O6Si. The summed E-state index contributed by atoms with van der Waals surface area (Å²) in [6.45, 7) is 23.9. The molecule has 1 heterocycles. The smallest absolute Gasteiger partial charge is 0.407 e. The fourth-order valence-electron chi connectivity index (χ4n) is 6.91. The summed E-state index contributed by atoms with van der Waals surface area (Å²) in [4.78, 5) is 43.1. The van der Waals surface area contributed by atoms with Crippen LogP contribution in [0.15, 0.2) is 48.5 Å². The maximum Gasteiger partial charge on any atom is 0.407 e. The summed E-state index contributed by atoms with van der Waals surface area (Å²) in [5, 5.41) is 9.40.